The topological polar surface area (TPSA) is 60.0 Å². The molecule has 6 heteroatoms. The van der Waals surface area contributed by atoms with E-state index in [2.05, 4.69) is 53.6 Å². The van der Waals surface area contributed by atoms with E-state index in [4.69, 9.17) is 4.99 Å². The van der Waals surface area contributed by atoms with Gasteiger partial charge in [0.15, 0.2) is 5.96 Å². The Kier molecular flexibility index (Phi) is 8.43. The van der Waals surface area contributed by atoms with Crippen molar-refractivity contribution in [3.8, 4) is 0 Å². The molecule has 2 rings (SSSR count). The van der Waals surface area contributed by atoms with Gasteiger partial charge in [0.2, 0.25) is 5.91 Å². The van der Waals surface area contributed by atoms with Gasteiger partial charge in [-0.05, 0) is 45.7 Å². The van der Waals surface area contributed by atoms with Crippen LogP contribution in [0.3, 0.4) is 0 Å². The van der Waals surface area contributed by atoms with Crippen LogP contribution in [0.4, 0.5) is 5.69 Å². The summed E-state index contributed by atoms with van der Waals surface area (Å²) in [6, 6.07) is 8.96. The van der Waals surface area contributed by atoms with Crippen LogP contribution in [-0.2, 0) is 11.2 Å². The van der Waals surface area contributed by atoms with E-state index >= 15 is 0 Å². The molecule has 0 radical (unpaired) electrons. The van der Waals surface area contributed by atoms with Crippen molar-refractivity contribution in [1.29, 1.82) is 0 Å². The van der Waals surface area contributed by atoms with E-state index in [0.29, 0.717) is 25.6 Å². The van der Waals surface area contributed by atoms with Crippen LogP contribution in [-0.4, -0.2) is 62.1 Å². The van der Waals surface area contributed by atoms with E-state index in [9.17, 15) is 4.79 Å². The van der Waals surface area contributed by atoms with Gasteiger partial charge >= 0.3 is 0 Å². The predicted molar refractivity (Wildman–Crippen MR) is 113 cm³/mol. The van der Waals surface area contributed by atoms with Crippen LogP contribution in [0.25, 0.3) is 0 Å². The first-order chi connectivity index (χ1) is 13.1. The van der Waals surface area contributed by atoms with Crippen LogP contribution in [0, 0.1) is 0 Å². The number of nitrogens with zero attached hydrogens (tertiary/aromatic N) is 3. The lowest BCUT2D eigenvalue weighted by molar-refractivity contribution is -0.130. The molecule has 2 N–H and O–H groups in total. The molecular formula is C21H35N5O. The summed E-state index contributed by atoms with van der Waals surface area (Å²) >= 11 is 0. The zero-order valence-corrected chi connectivity index (χ0v) is 17.3. The summed E-state index contributed by atoms with van der Waals surface area (Å²) in [4.78, 5) is 21.2. The number of rotatable bonds is 9. The van der Waals surface area contributed by atoms with Crippen LogP contribution < -0.4 is 15.5 Å². The minimum Gasteiger partial charge on any atom is -0.366 e. The maximum Gasteiger partial charge on any atom is 0.224 e. The van der Waals surface area contributed by atoms with Gasteiger partial charge in [-0.3, -0.25) is 9.79 Å². The number of carbonyl (C=O) groups excluding carboxylic acids is 1. The fraction of sp³-hybridized carbons (Fsp3) is 0.619. The second-order valence-corrected chi connectivity index (χ2v) is 6.88. The van der Waals surface area contributed by atoms with E-state index in [1.165, 1.54) is 11.3 Å². The number of hydrogen-bond acceptors (Lipinski definition) is 3. The van der Waals surface area contributed by atoms with E-state index in [-0.39, 0.29) is 5.91 Å². The van der Waals surface area contributed by atoms with E-state index in [1.54, 1.807) is 0 Å². The number of para-hydroxylation sites is 1. The first-order valence-electron chi connectivity index (χ1n) is 10.2. The Hall–Kier alpha value is -2.24. The molecule has 6 nitrogen and oxygen atoms in total. The number of benzene rings is 1. The fourth-order valence-corrected chi connectivity index (χ4v) is 3.51. The Labute approximate surface area is 164 Å². The highest BCUT2D eigenvalue weighted by molar-refractivity contribution is 5.81. The van der Waals surface area contributed by atoms with Crippen molar-refractivity contribution >= 4 is 17.6 Å². The van der Waals surface area contributed by atoms with Gasteiger partial charge in [-0.25, -0.2) is 0 Å². The minimum atomic E-state index is 0.186. The molecule has 1 aromatic rings. The van der Waals surface area contributed by atoms with Crippen LogP contribution in [0.15, 0.2) is 29.3 Å². The Bertz CT molecular complexity index is 627. The van der Waals surface area contributed by atoms with Crippen molar-refractivity contribution in [3.05, 3.63) is 29.8 Å². The quantitative estimate of drug-likeness (QED) is 0.515. The van der Waals surface area contributed by atoms with Gasteiger partial charge < -0.3 is 20.4 Å². The maximum atomic E-state index is 12.1. The summed E-state index contributed by atoms with van der Waals surface area (Å²) in [7, 11) is 0. The monoisotopic (exact) mass is 373 g/mol. The Morgan fingerprint density at radius 3 is 2.67 bits per heavy atom. The molecule has 1 aromatic carbocycles. The van der Waals surface area contributed by atoms with Gasteiger partial charge in [-0.15, -0.1) is 0 Å². The smallest absolute Gasteiger partial charge is 0.224 e. The number of amides is 1. The van der Waals surface area contributed by atoms with E-state index < -0.39 is 0 Å². The van der Waals surface area contributed by atoms with Crippen molar-refractivity contribution in [2.24, 2.45) is 4.99 Å². The third kappa shape index (κ3) is 5.88. The lowest BCUT2D eigenvalue weighted by Crippen LogP contribution is -2.41. The molecule has 1 aliphatic heterocycles. The number of anilines is 1. The largest absolute Gasteiger partial charge is 0.366 e. The minimum absolute atomic E-state index is 0.186. The highest BCUT2D eigenvalue weighted by Crippen LogP contribution is 2.29. The number of carbonyl (C=O) groups is 1. The fourth-order valence-electron chi connectivity index (χ4n) is 3.51. The lowest BCUT2D eigenvalue weighted by atomic mass is 10.2. The first-order valence-corrected chi connectivity index (χ1v) is 10.2. The Morgan fingerprint density at radius 1 is 1.22 bits per heavy atom. The zero-order chi connectivity index (χ0) is 19.6. The normalized spacial score (nSPS) is 14.7. The summed E-state index contributed by atoms with van der Waals surface area (Å²) in [5.74, 6) is 0.967. The molecule has 0 fully saturated rings. The lowest BCUT2D eigenvalue weighted by Gasteiger charge is -2.26. The summed E-state index contributed by atoms with van der Waals surface area (Å²) in [6.45, 7) is 13.0. The van der Waals surface area contributed by atoms with Gasteiger partial charge in [-0.1, -0.05) is 18.2 Å². The molecule has 1 amide bonds. The maximum absolute atomic E-state index is 12.1. The second-order valence-electron chi connectivity index (χ2n) is 6.88. The average Bonchev–Trinajstić information content (AvgIpc) is 3.11. The summed E-state index contributed by atoms with van der Waals surface area (Å²) < 4.78 is 0. The van der Waals surface area contributed by atoms with Crippen molar-refractivity contribution < 1.29 is 4.79 Å². The molecular weight excluding hydrogens is 338 g/mol. The molecule has 0 aromatic heterocycles. The average molecular weight is 374 g/mol. The van der Waals surface area contributed by atoms with Gasteiger partial charge in [0.05, 0.1) is 6.54 Å². The molecule has 0 saturated heterocycles. The Balaban J connectivity index is 1.87. The summed E-state index contributed by atoms with van der Waals surface area (Å²) in [6.07, 6.45) is 1.59. The predicted octanol–water partition coefficient (Wildman–Crippen LogP) is 2.25. The van der Waals surface area contributed by atoms with E-state index in [1.807, 2.05) is 18.7 Å². The van der Waals surface area contributed by atoms with Crippen LogP contribution in [0.5, 0.6) is 0 Å². The number of aliphatic imine (C=N–C) groups is 1. The third-order valence-electron chi connectivity index (χ3n) is 5.06. The van der Waals surface area contributed by atoms with Gasteiger partial charge in [0.25, 0.3) is 0 Å². The van der Waals surface area contributed by atoms with Crippen molar-refractivity contribution in [3.63, 3.8) is 0 Å². The van der Waals surface area contributed by atoms with Gasteiger partial charge in [0.1, 0.15) is 0 Å². The van der Waals surface area contributed by atoms with Gasteiger partial charge in [-0.2, -0.15) is 0 Å². The van der Waals surface area contributed by atoms with Gasteiger partial charge in [0, 0.05) is 50.9 Å². The van der Waals surface area contributed by atoms with E-state index in [0.717, 1.165) is 38.6 Å². The van der Waals surface area contributed by atoms with Crippen molar-refractivity contribution in [1.82, 2.24) is 15.5 Å². The highest BCUT2D eigenvalue weighted by atomic mass is 16.2. The highest BCUT2D eigenvalue weighted by Gasteiger charge is 2.22. The third-order valence-corrected chi connectivity index (χ3v) is 5.06. The molecule has 1 heterocycles. The standard InChI is InChI=1S/C21H35N5O/c1-5-22-21(23-14-12-20(27)25(6-2)7-3)24-16-17(4)26-15-13-18-10-8-9-11-19(18)26/h8-11,17H,5-7,12-16H2,1-4H3,(H2,22,23,24). The number of guanidine groups is 1. The van der Waals surface area contributed by atoms with Crippen molar-refractivity contribution in [2.45, 2.75) is 46.6 Å². The summed E-state index contributed by atoms with van der Waals surface area (Å²) in [5.41, 5.74) is 2.76. The number of hydrogen-bond donors (Lipinski definition) is 2. The second kappa shape index (κ2) is 10.8. The molecule has 1 aliphatic rings. The first kappa shape index (κ1) is 21.1. The molecule has 150 valence electrons. The summed E-state index contributed by atoms with van der Waals surface area (Å²) in [5, 5.41) is 6.57. The van der Waals surface area contributed by atoms with Crippen molar-refractivity contribution in [2.75, 3.05) is 44.2 Å². The zero-order valence-electron chi connectivity index (χ0n) is 17.3. The molecule has 1 unspecified atom stereocenters. The number of fused-ring (bicyclic) bond motifs is 1. The molecule has 0 spiro atoms. The van der Waals surface area contributed by atoms with Crippen LogP contribution in [0.2, 0.25) is 0 Å². The SMILES string of the molecule is CCNC(=NCC(C)N1CCc2ccccc21)NCCC(=O)N(CC)CC. The molecule has 0 bridgehead atoms. The molecule has 1 atom stereocenters. The Morgan fingerprint density at radius 2 is 1.96 bits per heavy atom. The van der Waals surface area contributed by atoms with Crippen LogP contribution >= 0.6 is 0 Å². The molecule has 0 aliphatic carbocycles. The van der Waals surface area contributed by atoms with Crippen LogP contribution in [0.1, 0.15) is 39.7 Å². The molecule has 0 saturated carbocycles. The molecule has 27 heavy (non-hydrogen) atoms. The number of nitrogens with one attached hydrogen (secondary N) is 2.